The van der Waals surface area contributed by atoms with Crippen LogP contribution in [-0.4, -0.2) is 34.4 Å². The maximum Gasteiger partial charge on any atom is 0.225 e. The minimum Gasteiger partial charge on any atom is -0.378 e. The molecule has 0 aliphatic carbocycles. The number of pyridine rings is 1. The van der Waals surface area contributed by atoms with Crippen LogP contribution in [-0.2, 0) is 0 Å². The molecule has 2 aromatic rings. The summed E-state index contributed by atoms with van der Waals surface area (Å²) in [5.74, 6) is 0. The van der Waals surface area contributed by atoms with E-state index in [-0.39, 0.29) is 0 Å². The molecule has 2 rings (SSSR count). The summed E-state index contributed by atoms with van der Waals surface area (Å²) in [5, 5.41) is 4.54. The fourth-order valence-electron chi connectivity index (χ4n) is 1.93. The van der Waals surface area contributed by atoms with Crippen LogP contribution in [0, 0.1) is 6.92 Å². The Balaban J connectivity index is 2.22. The van der Waals surface area contributed by atoms with Crippen LogP contribution in [0.4, 0.5) is 11.4 Å². The average Bonchev–Trinajstić information content (AvgIpc) is 2.46. The Labute approximate surface area is 126 Å². The molecule has 0 aliphatic heterocycles. The fourth-order valence-corrected chi connectivity index (χ4v) is 1.93. The van der Waals surface area contributed by atoms with Crippen molar-refractivity contribution >= 4 is 17.6 Å². The zero-order valence-corrected chi connectivity index (χ0v) is 13.4. The van der Waals surface area contributed by atoms with Gasteiger partial charge < -0.3 is 9.80 Å². The van der Waals surface area contributed by atoms with Gasteiger partial charge in [-0.25, -0.2) is 0 Å². The van der Waals surface area contributed by atoms with Crippen LogP contribution in [0.15, 0.2) is 47.7 Å². The topological polar surface area (TPSA) is 22.7 Å². The van der Waals surface area contributed by atoms with Crippen molar-refractivity contribution in [2.24, 2.45) is 5.10 Å². The summed E-state index contributed by atoms with van der Waals surface area (Å²) in [7, 11) is 8.13. The van der Waals surface area contributed by atoms with Crippen molar-refractivity contribution in [3.8, 4) is 0 Å². The molecule has 21 heavy (non-hydrogen) atoms. The number of hydrogen-bond donors (Lipinski definition) is 0. The summed E-state index contributed by atoms with van der Waals surface area (Å²) < 4.78 is 1.90. The summed E-state index contributed by atoms with van der Waals surface area (Å²) in [4.78, 5) is 4.15. The maximum atomic E-state index is 4.54. The molecule has 0 saturated heterocycles. The van der Waals surface area contributed by atoms with E-state index < -0.39 is 0 Å². The van der Waals surface area contributed by atoms with Gasteiger partial charge in [0.25, 0.3) is 0 Å². The number of aryl methyl sites for hydroxylation is 1. The molecule has 110 valence electrons. The van der Waals surface area contributed by atoms with E-state index in [9.17, 15) is 0 Å². The first-order valence-corrected chi connectivity index (χ1v) is 6.99. The first-order chi connectivity index (χ1) is 9.97. The van der Waals surface area contributed by atoms with Gasteiger partial charge in [-0.1, -0.05) is 16.8 Å². The Hall–Kier alpha value is -2.36. The predicted octanol–water partition coefficient (Wildman–Crippen LogP) is 2.30. The molecule has 4 heteroatoms. The Kier molecular flexibility index (Phi) is 4.58. The van der Waals surface area contributed by atoms with Crippen molar-refractivity contribution < 1.29 is 4.68 Å². The largest absolute Gasteiger partial charge is 0.378 e. The van der Waals surface area contributed by atoms with E-state index in [4.69, 9.17) is 0 Å². The highest BCUT2D eigenvalue weighted by Gasteiger charge is 2.08. The van der Waals surface area contributed by atoms with Crippen LogP contribution in [0.3, 0.4) is 0 Å². The third-order valence-electron chi connectivity index (χ3n) is 3.37. The molecule has 0 spiro atoms. The zero-order valence-electron chi connectivity index (χ0n) is 13.4. The van der Waals surface area contributed by atoms with Gasteiger partial charge in [-0.3, -0.25) is 0 Å². The molecule has 0 N–H and O–H groups in total. The lowest BCUT2D eigenvalue weighted by Gasteiger charge is -2.11. The number of rotatable bonds is 4. The van der Waals surface area contributed by atoms with Gasteiger partial charge in [0.05, 0.1) is 0 Å². The minimum absolute atomic E-state index is 1.09. The van der Waals surface area contributed by atoms with Crippen molar-refractivity contribution in [1.82, 2.24) is 0 Å². The van der Waals surface area contributed by atoms with Gasteiger partial charge in [0, 0.05) is 46.9 Å². The molecule has 1 heterocycles. The lowest BCUT2D eigenvalue weighted by Crippen LogP contribution is -2.32. The van der Waals surface area contributed by atoms with E-state index in [0.717, 1.165) is 16.9 Å². The Morgan fingerprint density at radius 1 is 0.857 bits per heavy atom. The van der Waals surface area contributed by atoms with Crippen LogP contribution in [0.5, 0.6) is 0 Å². The van der Waals surface area contributed by atoms with E-state index >= 15 is 0 Å². The second-order valence-electron chi connectivity index (χ2n) is 5.50. The first-order valence-electron chi connectivity index (χ1n) is 6.99. The Bertz CT molecular complexity index is 628. The molecule has 0 radical (unpaired) electrons. The third kappa shape index (κ3) is 3.81. The molecule has 1 aromatic carbocycles. The van der Waals surface area contributed by atoms with Crippen molar-refractivity contribution in [3.63, 3.8) is 0 Å². The highest BCUT2D eigenvalue weighted by atomic mass is 15.3. The lowest BCUT2D eigenvalue weighted by molar-refractivity contribution is -0.683. The fraction of sp³-hybridized carbons (Fsp3) is 0.294. The molecule has 0 bridgehead atoms. The molecule has 0 amide bonds. The monoisotopic (exact) mass is 283 g/mol. The standard InChI is InChI=1S/C17H23N4/c1-14-6-9-17(20(4)5)13-21(14)18-12-15-7-10-16(11-8-15)19(2)3/h6-13H,1-5H3/q+1/b18-12+. The van der Waals surface area contributed by atoms with Crippen LogP contribution in [0.2, 0.25) is 0 Å². The van der Waals surface area contributed by atoms with E-state index in [2.05, 4.69) is 51.3 Å². The van der Waals surface area contributed by atoms with Crippen LogP contribution in [0.25, 0.3) is 0 Å². The number of nitrogens with zero attached hydrogens (tertiary/aromatic N) is 4. The van der Waals surface area contributed by atoms with Crippen molar-refractivity contribution in [1.29, 1.82) is 0 Å². The zero-order chi connectivity index (χ0) is 15.4. The van der Waals surface area contributed by atoms with E-state index in [1.54, 1.807) is 0 Å². The van der Waals surface area contributed by atoms with Crippen LogP contribution >= 0.6 is 0 Å². The van der Waals surface area contributed by atoms with Gasteiger partial charge in [-0.05, 0) is 28.9 Å². The van der Waals surface area contributed by atoms with Crippen LogP contribution < -0.4 is 14.5 Å². The quantitative estimate of drug-likeness (QED) is 0.635. The SMILES string of the molecule is Cc1ccc(N(C)C)c[n+]1/N=C/c1ccc(N(C)C)cc1. The van der Waals surface area contributed by atoms with Crippen molar-refractivity contribution in [2.75, 3.05) is 38.0 Å². The lowest BCUT2D eigenvalue weighted by atomic mass is 10.2. The minimum atomic E-state index is 1.09. The van der Waals surface area contributed by atoms with Gasteiger partial charge in [-0.2, -0.15) is 0 Å². The smallest absolute Gasteiger partial charge is 0.225 e. The van der Waals surface area contributed by atoms with E-state index in [0.29, 0.717) is 0 Å². The number of anilines is 2. The molecule has 0 aliphatic rings. The summed E-state index contributed by atoms with van der Waals surface area (Å²) in [6.45, 7) is 2.05. The van der Waals surface area contributed by atoms with Gasteiger partial charge >= 0.3 is 0 Å². The van der Waals surface area contributed by atoms with Crippen molar-refractivity contribution in [3.05, 3.63) is 53.9 Å². The summed E-state index contributed by atoms with van der Waals surface area (Å²) in [5.41, 5.74) is 4.50. The number of benzene rings is 1. The van der Waals surface area contributed by atoms with Gasteiger partial charge in [0.1, 0.15) is 11.9 Å². The molecule has 0 fully saturated rings. The van der Waals surface area contributed by atoms with Gasteiger partial charge in [0.15, 0.2) is 0 Å². The van der Waals surface area contributed by atoms with Gasteiger partial charge in [0.2, 0.25) is 11.9 Å². The predicted molar refractivity (Wildman–Crippen MR) is 89.5 cm³/mol. The molecule has 0 saturated carbocycles. The number of hydrogen-bond acceptors (Lipinski definition) is 3. The van der Waals surface area contributed by atoms with Crippen LogP contribution in [0.1, 0.15) is 11.3 Å². The molecule has 0 atom stereocenters. The third-order valence-corrected chi connectivity index (χ3v) is 3.37. The van der Waals surface area contributed by atoms with Crippen molar-refractivity contribution in [2.45, 2.75) is 6.92 Å². The molecular weight excluding hydrogens is 260 g/mol. The Morgan fingerprint density at radius 2 is 1.43 bits per heavy atom. The molecular formula is C17H23N4+. The highest BCUT2D eigenvalue weighted by Crippen LogP contribution is 2.11. The second-order valence-corrected chi connectivity index (χ2v) is 5.50. The average molecular weight is 283 g/mol. The summed E-state index contributed by atoms with van der Waals surface area (Å²) in [6.07, 6.45) is 3.91. The number of aromatic nitrogens is 1. The first kappa shape index (κ1) is 15.0. The van der Waals surface area contributed by atoms with Gasteiger partial charge in [-0.15, -0.1) is 0 Å². The molecule has 0 unspecified atom stereocenters. The molecule has 4 nitrogen and oxygen atoms in total. The molecule has 1 aromatic heterocycles. The van der Waals surface area contributed by atoms with E-state index in [1.807, 2.05) is 52.2 Å². The Morgan fingerprint density at radius 3 is 2.00 bits per heavy atom. The van der Waals surface area contributed by atoms with E-state index in [1.165, 1.54) is 5.69 Å². The highest BCUT2D eigenvalue weighted by molar-refractivity contribution is 5.79. The summed E-state index contributed by atoms with van der Waals surface area (Å²) >= 11 is 0. The maximum absolute atomic E-state index is 4.54. The second kappa shape index (κ2) is 6.39. The summed E-state index contributed by atoms with van der Waals surface area (Å²) in [6, 6.07) is 12.5. The normalized spacial score (nSPS) is 10.9.